The van der Waals surface area contributed by atoms with Crippen molar-refractivity contribution in [2.75, 3.05) is 18.4 Å². The third kappa shape index (κ3) is 4.65. The van der Waals surface area contributed by atoms with Gasteiger partial charge in [0.2, 0.25) is 21.8 Å². The summed E-state index contributed by atoms with van der Waals surface area (Å²) in [7, 11) is -4.03. The largest absolute Gasteiger partial charge is 0.333 e. The summed E-state index contributed by atoms with van der Waals surface area (Å²) in [6.45, 7) is 5.89. The summed E-state index contributed by atoms with van der Waals surface area (Å²) >= 11 is 0. The van der Waals surface area contributed by atoms with Gasteiger partial charge in [-0.1, -0.05) is 26.0 Å². The maximum absolute atomic E-state index is 13.1. The quantitative estimate of drug-likeness (QED) is 0.643. The Hall–Kier alpha value is -2.46. The molecule has 0 saturated carbocycles. The number of amides is 4. The number of piperidine rings is 1. The fraction of sp³-hybridized carbons (Fsp3) is 0.550. The number of nitrogens with zero attached hydrogens (tertiary/aromatic N) is 1. The SMILES string of the molecule is CC(C)c1ccc(NC(=O)C2CCCN(S(=O)(=O)C3C(=O)NC(=O)NC3C)C2)cc1. The topological polar surface area (TPSA) is 125 Å². The first-order valence-corrected chi connectivity index (χ1v) is 11.6. The van der Waals surface area contributed by atoms with E-state index in [4.69, 9.17) is 0 Å². The lowest BCUT2D eigenvalue weighted by molar-refractivity contribution is -0.121. The average molecular weight is 437 g/mol. The Kier molecular flexibility index (Phi) is 6.47. The zero-order chi connectivity index (χ0) is 22.1. The molecule has 3 rings (SSSR count). The zero-order valence-electron chi connectivity index (χ0n) is 17.3. The molecule has 0 bridgehead atoms. The van der Waals surface area contributed by atoms with Crippen LogP contribution in [0.15, 0.2) is 24.3 Å². The van der Waals surface area contributed by atoms with Crippen molar-refractivity contribution in [1.29, 1.82) is 0 Å². The molecule has 0 spiro atoms. The molecule has 3 N–H and O–H groups in total. The van der Waals surface area contributed by atoms with E-state index < -0.39 is 39.2 Å². The number of urea groups is 1. The summed E-state index contributed by atoms with van der Waals surface area (Å²) < 4.78 is 27.4. The van der Waals surface area contributed by atoms with Gasteiger partial charge in [0, 0.05) is 18.8 Å². The molecule has 1 aromatic rings. The summed E-state index contributed by atoms with van der Waals surface area (Å²) in [5.41, 5.74) is 1.82. The first-order chi connectivity index (χ1) is 14.1. The standard InChI is InChI=1S/C20H28N4O5S/c1-12(2)14-6-8-16(9-7-14)22-18(25)15-5-4-10-24(11-15)30(28,29)17-13(3)21-20(27)23-19(17)26/h6-9,12-13,15,17H,4-5,10-11H2,1-3H3,(H,22,25)(H2,21,23,26,27). The van der Waals surface area contributed by atoms with Gasteiger partial charge in [-0.2, -0.15) is 0 Å². The Bertz CT molecular complexity index is 929. The van der Waals surface area contributed by atoms with E-state index in [1.165, 1.54) is 11.2 Å². The molecule has 4 amide bonds. The normalized spacial score (nSPS) is 25.5. The zero-order valence-corrected chi connectivity index (χ0v) is 18.2. The van der Waals surface area contributed by atoms with Gasteiger partial charge >= 0.3 is 6.03 Å². The van der Waals surface area contributed by atoms with Crippen molar-refractivity contribution in [1.82, 2.24) is 14.9 Å². The summed E-state index contributed by atoms with van der Waals surface area (Å²) in [6.07, 6.45) is 1.07. The minimum Gasteiger partial charge on any atom is -0.333 e. The van der Waals surface area contributed by atoms with E-state index in [0.29, 0.717) is 24.4 Å². The molecule has 2 aliphatic heterocycles. The first-order valence-electron chi connectivity index (χ1n) is 10.1. The molecular weight excluding hydrogens is 408 g/mol. The fourth-order valence-electron chi connectivity index (χ4n) is 3.87. The predicted octanol–water partition coefficient (Wildman–Crippen LogP) is 1.39. The Morgan fingerprint density at radius 1 is 1.20 bits per heavy atom. The highest BCUT2D eigenvalue weighted by Crippen LogP contribution is 2.25. The summed E-state index contributed by atoms with van der Waals surface area (Å²) in [6, 6.07) is 6.01. The van der Waals surface area contributed by atoms with E-state index in [1.807, 2.05) is 29.6 Å². The van der Waals surface area contributed by atoms with Gasteiger partial charge in [-0.15, -0.1) is 0 Å². The minimum absolute atomic E-state index is 0.00267. The van der Waals surface area contributed by atoms with Crippen molar-refractivity contribution in [3.63, 3.8) is 0 Å². The van der Waals surface area contributed by atoms with Gasteiger partial charge in [0.15, 0.2) is 5.25 Å². The van der Waals surface area contributed by atoms with Crippen molar-refractivity contribution in [2.24, 2.45) is 5.92 Å². The molecule has 2 saturated heterocycles. The molecule has 164 valence electrons. The number of sulfonamides is 1. The number of anilines is 1. The fourth-order valence-corrected chi connectivity index (χ4v) is 5.87. The number of hydrogen-bond acceptors (Lipinski definition) is 5. The van der Waals surface area contributed by atoms with Gasteiger partial charge in [-0.25, -0.2) is 17.5 Å². The van der Waals surface area contributed by atoms with Crippen LogP contribution in [0.25, 0.3) is 0 Å². The Labute approximate surface area is 176 Å². The second kappa shape index (κ2) is 8.73. The molecule has 10 heteroatoms. The van der Waals surface area contributed by atoms with Crippen molar-refractivity contribution in [3.8, 4) is 0 Å². The lowest BCUT2D eigenvalue weighted by Gasteiger charge is -2.36. The number of rotatable bonds is 5. The van der Waals surface area contributed by atoms with Crippen molar-refractivity contribution in [3.05, 3.63) is 29.8 Å². The minimum atomic E-state index is -4.03. The Morgan fingerprint density at radius 2 is 1.87 bits per heavy atom. The lowest BCUT2D eigenvalue weighted by atomic mass is 9.98. The number of benzene rings is 1. The van der Waals surface area contributed by atoms with Crippen LogP contribution in [-0.4, -0.2) is 54.9 Å². The number of imide groups is 1. The Morgan fingerprint density at radius 3 is 2.47 bits per heavy atom. The van der Waals surface area contributed by atoms with Crippen LogP contribution >= 0.6 is 0 Å². The van der Waals surface area contributed by atoms with Crippen LogP contribution in [0.5, 0.6) is 0 Å². The van der Waals surface area contributed by atoms with E-state index in [2.05, 4.69) is 24.5 Å². The van der Waals surface area contributed by atoms with Crippen LogP contribution in [0.3, 0.4) is 0 Å². The van der Waals surface area contributed by atoms with Crippen LogP contribution in [0.1, 0.15) is 45.1 Å². The number of nitrogens with one attached hydrogen (secondary N) is 3. The molecule has 30 heavy (non-hydrogen) atoms. The first kappa shape index (κ1) is 22.2. The van der Waals surface area contributed by atoms with Crippen LogP contribution in [0.2, 0.25) is 0 Å². The maximum Gasteiger partial charge on any atom is 0.321 e. The molecule has 2 heterocycles. The van der Waals surface area contributed by atoms with E-state index in [0.717, 1.165) is 5.56 Å². The van der Waals surface area contributed by atoms with Crippen molar-refractivity contribution in [2.45, 2.75) is 50.8 Å². The molecule has 2 aliphatic rings. The highest BCUT2D eigenvalue weighted by Gasteiger charge is 2.46. The predicted molar refractivity (Wildman–Crippen MR) is 112 cm³/mol. The van der Waals surface area contributed by atoms with Gasteiger partial charge < -0.3 is 10.6 Å². The molecule has 1 aromatic carbocycles. The van der Waals surface area contributed by atoms with E-state index in [1.54, 1.807) is 0 Å². The van der Waals surface area contributed by atoms with Crippen LogP contribution in [0.4, 0.5) is 10.5 Å². The molecule has 9 nitrogen and oxygen atoms in total. The number of carbonyl (C=O) groups is 3. The molecule has 0 aromatic heterocycles. The van der Waals surface area contributed by atoms with Gasteiger partial charge in [0.1, 0.15) is 0 Å². The van der Waals surface area contributed by atoms with Gasteiger partial charge in [-0.05, 0) is 43.4 Å². The Balaban J connectivity index is 1.69. The lowest BCUT2D eigenvalue weighted by Crippen LogP contribution is -2.65. The second-order valence-corrected chi connectivity index (χ2v) is 10.2. The molecule has 3 unspecified atom stereocenters. The molecule has 0 aliphatic carbocycles. The smallest absolute Gasteiger partial charge is 0.321 e. The third-order valence-corrected chi connectivity index (χ3v) is 7.90. The van der Waals surface area contributed by atoms with Gasteiger partial charge in [0.05, 0.1) is 12.0 Å². The molecule has 3 atom stereocenters. The molecule has 0 radical (unpaired) electrons. The summed E-state index contributed by atoms with van der Waals surface area (Å²) in [5.74, 6) is -1.23. The summed E-state index contributed by atoms with van der Waals surface area (Å²) in [4.78, 5) is 36.3. The number of hydrogen-bond donors (Lipinski definition) is 3. The maximum atomic E-state index is 13.1. The highest BCUT2D eigenvalue weighted by molar-refractivity contribution is 7.90. The van der Waals surface area contributed by atoms with E-state index >= 15 is 0 Å². The van der Waals surface area contributed by atoms with E-state index in [-0.39, 0.29) is 19.0 Å². The average Bonchev–Trinajstić information content (AvgIpc) is 2.67. The van der Waals surface area contributed by atoms with Crippen LogP contribution in [0, 0.1) is 5.92 Å². The van der Waals surface area contributed by atoms with Crippen molar-refractivity contribution >= 4 is 33.6 Å². The van der Waals surface area contributed by atoms with Gasteiger partial charge in [0.25, 0.3) is 0 Å². The third-order valence-electron chi connectivity index (χ3n) is 5.59. The molecular formula is C20H28N4O5S. The summed E-state index contributed by atoms with van der Waals surface area (Å²) in [5, 5.41) is 5.88. The van der Waals surface area contributed by atoms with Crippen molar-refractivity contribution < 1.29 is 22.8 Å². The monoisotopic (exact) mass is 436 g/mol. The second-order valence-electron chi connectivity index (χ2n) is 8.18. The van der Waals surface area contributed by atoms with Crippen LogP contribution < -0.4 is 16.0 Å². The number of carbonyl (C=O) groups excluding carboxylic acids is 3. The van der Waals surface area contributed by atoms with Gasteiger partial charge in [-0.3, -0.25) is 14.9 Å². The van der Waals surface area contributed by atoms with E-state index in [9.17, 15) is 22.8 Å². The van der Waals surface area contributed by atoms with Crippen LogP contribution in [-0.2, 0) is 19.6 Å². The highest BCUT2D eigenvalue weighted by atomic mass is 32.2. The molecule has 2 fully saturated rings.